The van der Waals surface area contributed by atoms with Gasteiger partial charge in [0.25, 0.3) is 21.8 Å². The van der Waals surface area contributed by atoms with Crippen LogP contribution >= 0.6 is 11.3 Å². The highest BCUT2D eigenvalue weighted by molar-refractivity contribution is 7.94. The number of anilines is 1. The van der Waals surface area contributed by atoms with Gasteiger partial charge in [0.1, 0.15) is 4.21 Å². The van der Waals surface area contributed by atoms with Crippen LogP contribution in [0.4, 0.5) is 5.69 Å². The monoisotopic (exact) mass is 322 g/mol. The first kappa shape index (κ1) is 13.8. The van der Waals surface area contributed by atoms with Gasteiger partial charge in [0, 0.05) is 7.05 Å². The molecule has 0 bridgehead atoms. The smallest absolute Gasteiger partial charge is 0.271 e. The fraction of sp³-hybridized carbons (Fsp3) is 0.0769. The SMILES string of the molecule is CN1C(=O)c2cccc(NS(=O)(=O)c3cccs3)c2C1=O. The molecule has 21 heavy (non-hydrogen) atoms. The van der Waals surface area contributed by atoms with Crippen LogP contribution in [-0.4, -0.2) is 32.2 Å². The maximum Gasteiger partial charge on any atom is 0.271 e. The van der Waals surface area contributed by atoms with Gasteiger partial charge in [0.2, 0.25) is 0 Å². The number of carbonyl (C=O) groups excluding carboxylic acids is 2. The number of carbonyl (C=O) groups is 2. The summed E-state index contributed by atoms with van der Waals surface area (Å²) in [4.78, 5) is 24.9. The standard InChI is InChI=1S/C13H10N2O4S2/c1-15-12(16)8-4-2-5-9(11(8)13(15)17)14-21(18,19)10-6-3-7-20-10/h2-7,14H,1H3. The fourth-order valence-corrected chi connectivity index (χ4v) is 4.16. The number of rotatable bonds is 3. The summed E-state index contributed by atoms with van der Waals surface area (Å²) in [6.45, 7) is 0. The first-order valence-corrected chi connectivity index (χ1v) is 8.30. The molecule has 3 rings (SSSR count). The Kier molecular flexibility index (Phi) is 3.07. The van der Waals surface area contributed by atoms with E-state index in [4.69, 9.17) is 0 Å². The summed E-state index contributed by atoms with van der Waals surface area (Å²) in [5.74, 6) is -0.952. The van der Waals surface area contributed by atoms with E-state index < -0.39 is 21.8 Å². The predicted octanol–water partition coefficient (Wildman–Crippen LogP) is 1.77. The van der Waals surface area contributed by atoms with Crippen LogP contribution in [0.5, 0.6) is 0 Å². The number of hydrogen-bond donors (Lipinski definition) is 1. The Balaban J connectivity index is 2.07. The molecule has 1 aromatic carbocycles. The van der Waals surface area contributed by atoms with Crippen molar-refractivity contribution in [2.75, 3.05) is 11.8 Å². The molecule has 2 aromatic rings. The van der Waals surface area contributed by atoms with Crippen molar-refractivity contribution < 1.29 is 18.0 Å². The first-order valence-electron chi connectivity index (χ1n) is 5.93. The summed E-state index contributed by atoms with van der Waals surface area (Å²) >= 11 is 1.07. The van der Waals surface area contributed by atoms with Crippen molar-refractivity contribution in [1.29, 1.82) is 0 Å². The lowest BCUT2D eigenvalue weighted by molar-refractivity contribution is 0.0693. The highest BCUT2D eigenvalue weighted by atomic mass is 32.2. The van der Waals surface area contributed by atoms with Gasteiger partial charge in [-0.2, -0.15) is 0 Å². The topological polar surface area (TPSA) is 83.6 Å². The minimum absolute atomic E-state index is 0.0881. The molecule has 0 unspecified atom stereocenters. The van der Waals surface area contributed by atoms with Crippen LogP contribution in [0.15, 0.2) is 39.9 Å². The maximum atomic E-state index is 12.2. The van der Waals surface area contributed by atoms with Gasteiger partial charge in [0.05, 0.1) is 16.8 Å². The van der Waals surface area contributed by atoms with Gasteiger partial charge in [0.15, 0.2) is 0 Å². The van der Waals surface area contributed by atoms with E-state index in [0.29, 0.717) is 0 Å². The number of thiophene rings is 1. The van der Waals surface area contributed by atoms with Crippen molar-refractivity contribution in [2.24, 2.45) is 0 Å². The van der Waals surface area contributed by atoms with E-state index in [9.17, 15) is 18.0 Å². The molecular formula is C13H10N2O4S2. The third kappa shape index (κ3) is 2.12. The second-order valence-corrected chi connectivity index (χ2v) is 7.29. The minimum atomic E-state index is -3.76. The molecule has 6 nitrogen and oxygen atoms in total. The second kappa shape index (κ2) is 4.68. The van der Waals surface area contributed by atoms with Crippen molar-refractivity contribution in [3.63, 3.8) is 0 Å². The average Bonchev–Trinajstić information content (AvgIpc) is 3.05. The van der Waals surface area contributed by atoms with Crippen LogP contribution in [0.1, 0.15) is 20.7 Å². The Morgan fingerprint density at radius 2 is 1.86 bits per heavy atom. The van der Waals surface area contributed by atoms with Crippen LogP contribution < -0.4 is 4.72 Å². The van der Waals surface area contributed by atoms with E-state index >= 15 is 0 Å². The summed E-state index contributed by atoms with van der Waals surface area (Å²) in [5.41, 5.74) is 0.405. The molecule has 0 atom stereocenters. The van der Waals surface area contributed by atoms with Gasteiger partial charge >= 0.3 is 0 Å². The number of fused-ring (bicyclic) bond motifs is 1. The zero-order valence-corrected chi connectivity index (χ0v) is 12.5. The number of imide groups is 1. The molecule has 108 valence electrons. The van der Waals surface area contributed by atoms with E-state index in [2.05, 4.69) is 4.72 Å². The van der Waals surface area contributed by atoms with Crippen LogP contribution in [0.2, 0.25) is 0 Å². The molecule has 0 saturated carbocycles. The molecule has 1 aromatic heterocycles. The quantitative estimate of drug-likeness (QED) is 0.873. The summed E-state index contributed by atoms with van der Waals surface area (Å²) in [5, 5.41) is 1.65. The molecule has 1 aliphatic rings. The Morgan fingerprint density at radius 3 is 2.52 bits per heavy atom. The number of hydrogen-bond acceptors (Lipinski definition) is 5. The van der Waals surface area contributed by atoms with Gasteiger partial charge in [-0.05, 0) is 23.6 Å². The molecule has 0 spiro atoms. The Morgan fingerprint density at radius 1 is 1.10 bits per heavy atom. The lowest BCUT2D eigenvalue weighted by Crippen LogP contribution is -2.24. The first-order chi connectivity index (χ1) is 9.92. The maximum absolute atomic E-state index is 12.2. The molecule has 1 aliphatic heterocycles. The zero-order valence-electron chi connectivity index (χ0n) is 10.9. The normalized spacial score (nSPS) is 14.4. The van der Waals surface area contributed by atoms with Crippen LogP contribution in [0.3, 0.4) is 0 Å². The number of amides is 2. The van der Waals surface area contributed by atoms with Crippen LogP contribution in [0.25, 0.3) is 0 Å². The predicted molar refractivity (Wildman–Crippen MR) is 78.0 cm³/mol. The summed E-state index contributed by atoms with van der Waals surface area (Å²) in [7, 11) is -2.40. The van der Waals surface area contributed by atoms with Crippen molar-refractivity contribution in [1.82, 2.24) is 4.90 Å². The highest BCUT2D eigenvalue weighted by Gasteiger charge is 2.35. The lowest BCUT2D eigenvalue weighted by Gasteiger charge is -2.09. The number of sulfonamides is 1. The van der Waals surface area contributed by atoms with Crippen molar-refractivity contribution >= 4 is 38.9 Å². The molecule has 0 aliphatic carbocycles. The molecule has 8 heteroatoms. The third-order valence-corrected chi connectivity index (χ3v) is 5.89. The Bertz CT molecular complexity index is 841. The van der Waals surface area contributed by atoms with E-state index in [-0.39, 0.29) is 21.0 Å². The van der Waals surface area contributed by atoms with E-state index in [1.54, 1.807) is 11.4 Å². The summed E-state index contributed by atoms with van der Waals surface area (Å²) in [6.07, 6.45) is 0. The fourth-order valence-electron chi connectivity index (χ4n) is 2.10. The lowest BCUT2D eigenvalue weighted by atomic mass is 10.1. The van der Waals surface area contributed by atoms with Gasteiger partial charge in [-0.1, -0.05) is 12.1 Å². The van der Waals surface area contributed by atoms with Crippen molar-refractivity contribution in [3.8, 4) is 0 Å². The largest absolute Gasteiger partial charge is 0.278 e. The average molecular weight is 322 g/mol. The van der Waals surface area contributed by atoms with Crippen LogP contribution in [0, 0.1) is 0 Å². The minimum Gasteiger partial charge on any atom is -0.278 e. The van der Waals surface area contributed by atoms with Gasteiger partial charge in [-0.25, -0.2) is 8.42 Å². The Labute approximate surface area is 125 Å². The van der Waals surface area contributed by atoms with Crippen LogP contribution in [-0.2, 0) is 10.0 Å². The highest BCUT2D eigenvalue weighted by Crippen LogP contribution is 2.30. The third-order valence-electron chi connectivity index (χ3n) is 3.12. The van der Waals surface area contributed by atoms with E-state index in [1.807, 2.05) is 0 Å². The van der Waals surface area contributed by atoms with Gasteiger partial charge < -0.3 is 0 Å². The molecule has 2 amide bonds. The number of nitrogens with one attached hydrogen (secondary N) is 1. The number of benzene rings is 1. The molecule has 0 saturated heterocycles. The van der Waals surface area contributed by atoms with Crippen molar-refractivity contribution in [2.45, 2.75) is 4.21 Å². The molecule has 0 fully saturated rings. The van der Waals surface area contributed by atoms with Gasteiger partial charge in [-0.15, -0.1) is 11.3 Å². The van der Waals surface area contributed by atoms with E-state index in [1.165, 1.54) is 31.3 Å². The van der Waals surface area contributed by atoms with Crippen molar-refractivity contribution in [3.05, 3.63) is 46.8 Å². The molecule has 2 heterocycles. The van der Waals surface area contributed by atoms with E-state index in [0.717, 1.165) is 16.2 Å². The van der Waals surface area contributed by atoms with Gasteiger partial charge in [-0.3, -0.25) is 19.2 Å². The summed E-state index contributed by atoms with van der Waals surface area (Å²) in [6, 6.07) is 7.60. The molecule has 0 radical (unpaired) electrons. The number of nitrogens with zero attached hydrogens (tertiary/aromatic N) is 1. The zero-order chi connectivity index (χ0) is 15.2. The molecule has 1 N–H and O–H groups in total. The summed E-state index contributed by atoms with van der Waals surface area (Å²) < 4.78 is 27.0. The second-order valence-electron chi connectivity index (χ2n) is 4.44. The Hall–Kier alpha value is -2.19. The molecular weight excluding hydrogens is 312 g/mol.